The molecule has 0 aliphatic rings. The number of H-pyrrole nitrogens is 1. The van der Waals surface area contributed by atoms with E-state index < -0.39 is 0 Å². The van der Waals surface area contributed by atoms with E-state index in [0.29, 0.717) is 22.9 Å². The number of aromatic amines is 1. The van der Waals surface area contributed by atoms with Crippen molar-refractivity contribution < 1.29 is 14.3 Å². The van der Waals surface area contributed by atoms with E-state index in [-0.39, 0.29) is 5.91 Å². The van der Waals surface area contributed by atoms with Gasteiger partial charge in [0.05, 0.1) is 19.9 Å². The van der Waals surface area contributed by atoms with Gasteiger partial charge in [-0.15, -0.1) is 0 Å². The van der Waals surface area contributed by atoms with Crippen molar-refractivity contribution in [3.8, 4) is 11.5 Å². The van der Waals surface area contributed by atoms with Crippen LogP contribution >= 0.6 is 0 Å². The number of rotatable bonds is 4. The highest BCUT2D eigenvalue weighted by atomic mass is 16.5. The average Bonchev–Trinajstić information content (AvgIpc) is 2.99. The molecule has 0 radical (unpaired) electrons. The Morgan fingerprint density at radius 1 is 1.16 bits per heavy atom. The van der Waals surface area contributed by atoms with Crippen LogP contribution in [0.25, 0.3) is 0 Å². The summed E-state index contributed by atoms with van der Waals surface area (Å²) in [5, 5.41) is 0. The van der Waals surface area contributed by atoms with Crippen molar-refractivity contribution in [2.24, 2.45) is 0 Å². The monoisotopic (exact) mass is 260 g/mol. The van der Waals surface area contributed by atoms with E-state index in [1.807, 2.05) is 0 Å². The molecule has 0 saturated heterocycles. The lowest BCUT2D eigenvalue weighted by atomic mass is 10.2. The van der Waals surface area contributed by atoms with Crippen LogP contribution in [0, 0.1) is 0 Å². The summed E-state index contributed by atoms with van der Waals surface area (Å²) in [5.41, 5.74) is 1.24. The van der Waals surface area contributed by atoms with Gasteiger partial charge in [0.25, 0.3) is 5.91 Å². The van der Waals surface area contributed by atoms with E-state index in [2.05, 4.69) is 4.98 Å². The summed E-state index contributed by atoms with van der Waals surface area (Å²) < 4.78 is 10.4. The summed E-state index contributed by atoms with van der Waals surface area (Å²) in [5.74, 6) is 1.15. The van der Waals surface area contributed by atoms with E-state index >= 15 is 0 Å². The molecule has 0 bridgehead atoms. The van der Waals surface area contributed by atoms with Gasteiger partial charge in [-0.05, 0) is 12.1 Å². The molecule has 2 aromatic rings. The molecule has 1 amide bonds. The number of hydrogen-bond donors (Lipinski definition) is 1. The van der Waals surface area contributed by atoms with Crippen LogP contribution < -0.4 is 14.4 Å². The molecule has 2 rings (SSSR count). The number of ether oxygens (including phenoxy) is 2. The number of methoxy groups -OCH3 is 2. The Balaban J connectivity index is 2.32. The Bertz CT molecular complexity index is 542. The Hall–Kier alpha value is -2.43. The second kappa shape index (κ2) is 5.48. The molecule has 1 heterocycles. The van der Waals surface area contributed by atoms with Crippen LogP contribution in [-0.2, 0) is 0 Å². The molecule has 0 fully saturated rings. The molecular formula is C14H16N2O3. The molecule has 0 spiro atoms. The summed E-state index contributed by atoms with van der Waals surface area (Å²) in [6.07, 6.45) is 1.72. The summed E-state index contributed by atoms with van der Waals surface area (Å²) in [6, 6.07) is 8.84. The van der Waals surface area contributed by atoms with Crippen molar-refractivity contribution in [3.05, 3.63) is 42.2 Å². The Labute approximate surface area is 111 Å². The van der Waals surface area contributed by atoms with Gasteiger partial charge < -0.3 is 19.4 Å². The SMILES string of the molecule is COc1cc(OC)cc(N(C)C(=O)c2ccc[nH]2)c1. The molecule has 19 heavy (non-hydrogen) atoms. The predicted octanol–water partition coefficient (Wildman–Crippen LogP) is 2.31. The molecule has 0 unspecified atom stereocenters. The lowest BCUT2D eigenvalue weighted by Crippen LogP contribution is -2.26. The van der Waals surface area contributed by atoms with E-state index in [1.54, 1.807) is 57.8 Å². The van der Waals surface area contributed by atoms with Gasteiger partial charge in [0.2, 0.25) is 0 Å². The molecule has 1 aromatic carbocycles. The van der Waals surface area contributed by atoms with Crippen LogP contribution in [-0.4, -0.2) is 32.2 Å². The standard InChI is InChI=1S/C14H16N2O3/c1-16(14(17)13-5-4-6-15-13)10-7-11(18-2)9-12(8-10)19-3/h4-9,15H,1-3H3. The molecule has 0 aliphatic carbocycles. The fourth-order valence-corrected chi connectivity index (χ4v) is 1.75. The van der Waals surface area contributed by atoms with Gasteiger partial charge in [-0.3, -0.25) is 4.79 Å². The lowest BCUT2D eigenvalue weighted by molar-refractivity contribution is 0.0989. The highest BCUT2D eigenvalue weighted by Gasteiger charge is 2.15. The van der Waals surface area contributed by atoms with Crippen LogP contribution in [0.4, 0.5) is 5.69 Å². The number of hydrogen-bond acceptors (Lipinski definition) is 3. The predicted molar refractivity (Wildman–Crippen MR) is 73.1 cm³/mol. The molecule has 0 atom stereocenters. The molecule has 5 nitrogen and oxygen atoms in total. The zero-order valence-electron chi connectivity index (χ0n) is 11.1. The largest absolute Gasteiger partial charge is 0.497 e. The van der Waals surface area contributed by atoms with Crippen molar-refractivity contribution in [3.63, 3.8) is 0 Å². The van der Waals surface area contributed by atoms with Gasteiger partial charge in [0.15, 0.2) is 0 Å². The highest BCUT2D eigenvalue weighted by Crippen LogP contribution is 2.28. The van der Waals surface area contributed by atoms with E-state index in [0.717, 1.165) is 0 Å². The van der Waals surface area contributed by atoms with Gasteiger partial charge >= 0.3 is 0 Å². The second-order valence-electron chi connectivity index (χ2n) is 4.02. The molecule has 0 aliphatic heterocycles. The molecular weight excluding hydrogens is 244 g/mol. The third-order valence-corrected chi connectivity index (χ3v) is 2.86. The smallest absolute Gasteiger partial charge is 0.274 e. The summed E-state index contributed by atoms with van der Waals surface area (Å²) in [6.45, 7) is 0. The summed E-state index contributed by atoms with van der Waals surface area (Å²) in [7, 11) is 4.86. The van der Waals surface area contributed by atoms with Crippen molar-refractivity contribution in [1.29, 1.82) is 0 Å². The first kappa shape index (κ1) is 13.0. The summed E-state index contributed by atoms with van der Waals surface area (Å²) in [4.78, 5) is 16.6. The van der Waals surface area contributed by atoms with E-state index in [4.69, 9.17) is 9.47 Å². The van der Waals surface area contributed by atoms with Gasteiger partial charge in [-0.25, -0.2) is 0 Å². The lowest BCUT2D eigenvalue weighted by Gasteiger charge is -2.18. The molecule has 1 N–H and O–H groups in total. The van der Waals surface area contributed by atoms with Gasteiger partial charge in [-0.1, -0.05) is 0 Å². The minimum atomic E-state index is -0.125. The van der Waals surface area contributed by atoms with E-state index in [1.165, 1.54) is 4.90 Å². The van der Waals surface area contributed by atoms with Crippen molar-refractivity contribution in [1.82, 2.24) is 4.98 Å². The Morgan fingerprint density at radius 2 is 1.79 bits per heavy atom. The van der Waals surface area contributed by atoms with Crippen LogP contribution in [0.15, 0.2) is 36.5 Å². The maximum absolute atomic E-state index is 12.2. The quantitative estimate of drug-likeness (QED) is 0.917. The zero-order chi connectivity index (χ0) is 13.8. The third kappa shape index (κ3) is 2.70. The van der Waals surface area contributed by atoms with Crippen molar-refractivity contribution in [2.45, 2.75) is 0 Å². The van der Waals surface area contributed by atoms with Crippen molar-refractivity contribution >= 4 is 11.6 Å². The summed E-state index contributed by atoms with van der Waals surface area (Å²) >= 11 is 0. The Kier molecular flexibility index (Phi) is 3.75. The number of carbonyl (C=O) groups excluding carboxylic acids is 1. The van der Waals surface area contributed by atoms with Gasteiger partial charge in [-0.2, -0.15) is 0 Å². The topological polar surface area (TPSA) is 54.6 Å². The first-order chi connectivity index (χ1) is 9.15. The number of nitrogens with zero attached hydrogens (tertiary/aromatic N) is 1. The van der Waals surface area contributed by atoms with Crippen LogP contribution in [0.5, 0.6) is 11.5 Å². The van der Waals surface area contributed by atoms with Crippen LogP contribution in [0.1, 0.15) is 10.5 Å². The molecule has 5 heteroatoms. The number of anilines is 1. The normalized spacial score (nSPS) is 10.1. The maximum atomic E-state index is 12.2. The fraction of sp³-hybridized carbons (Fsp3) is 0.214. The fourth-order valence-electron chi connectivity index (χ4n) is 1.75. The molecule has 0 saturated carbocycles. The molecule has 1 aromatic heterocycles. The number of amides is 1. The first-order valence-electron chi connectivity index (χ1n) is 5.80. The highest BCUT2D eigenvalue weighted by molar-refractivity contribution is 6.04. The number of nitrogens with one attached hydrogen (secondary N) is 1. The Morgan fingerprint density at radius 3 is 2.26 bits per heavy atom. The van der Waals surface area contributed by atoms with Gasteiger partial charge in [0.1, 0.15) is 17.2 Å². The first-order valence-corrected chi connectivity index (χ1v) is 5.80. The van der Waals surface area contributed by atoms with E-state index in [9.17, 15) is 4.79 Å². The number of benzene rings is 1. The number of aromatic nitrogens is 1. The minimum Gasteiger partial charge on any atom is -0.497 e. The van der Waals surface area contributed by atoms with Crippen LogP contribution in [0.3, 0.4) is 0 Å². The third-order valence-electron chi connectivity index (χ3n) is 2.86. The van der Waals surface area contributed by atoms with Gasteiger partial charge in [0, 0.05) is 31.4 Å². The maximum Gasteiger partial charge on any atom is 0.274 e. The van der Waals surface area contributed by atoms with Crippen molar-refractivity contribution in [2.75, 3.05) is 26.2 Å². The zero-order valence-corrected chi connectivity index (χ0v) is 11.1. The number of carbonyl (C=O) groups is 1. The molecule has 100 valence electrons. The minimum absolute atomic E-state index is 0.125. The average molecular weight is 260 g/mol. The second-order valence-corrected chi connectivity index (χ2v) is 4.02. The van der Waals surface area contributed by atoms with Crippen LogP contribution in [0.2, 0.25) is 0 Å².